The Labute approximate surface area is 165 Å². The Morgan fingerprint density at radius 2 is 1.89 bits per heavy atom. The second-order valence-electron chi connectivity index (χ2n) is 7.94. The first-order valence-electron chi connectivity index (χ1n) is 9.19. The second kappa shape index (κ2) is 8.01. The lowest BCUT2D eigenvalue weighted by molar-refractivity contribution is -0.249. The van der Waals surface area contributed by atoms with Gasteiger partial charge in [0.2, 0.25) is 5.79 Å². The summed E-state index contributed by atoms with van der Waals surface area (Å²) in [5, 5.41) is 10.9. The molecule has 0 aromatic carbocycles. The fourth-order valence-electron chi connectivity index (χ4n) is 3.75. The Morgan fingerprint density at radius 3 is 2.36 bits per heavy atom. The van der Waals surface area contributed by atoms with Crippen LogP contribution in [0.1, 0.15) is 47.5 Å². The number of rotatable bonds is 6. The molecule has 154 valence electrons. The maximum Gasteiger partial charge on any atom is 0.336 e. The molecule has 28 heavy (non-hydrogen) atoms. The predicted molar refractivity (Wildman–Crippen MR) is 101 cm³/mol. The molecule has 1 N–H and O–H groups in total. The van der Waals surface area contributed by atoms with Crippen molar-refractivity contribution < 1.29 is 33.7 Å². The minimum absolute atomic E-state index is 0.243. The van der Waals surface area contributed by atoms with E-state index < -0.39 is 35.3 Å². The number of carbonyl (C=O) groups is 3. The Hall–Kier alpha value is -2.25. The van der Waals surface area contributed by atoms with Crippen LogP contribution in [-0.2, 0) is 28.6 Å². The number of hydrogen-bond donors (Lipinski definition) is 1. The van der Waals surface area contributed by atoms with Crippen molar-refractivity contribution in [3.8, 4) is 0 Å². The van der Waals surface area contributed by atoms with Crippen LogP contribution in [0.5, 0.6) is 0 Å². The average Bonchev–Trinajstić information content (AvgIpc) is 2.83. The molecule has 0 aromatic heterocycles. The molecular formula is C21H28O7. The number of carbonyl (C=O) groups excluding carboxylic acids is 3. The quantitative estimate of drug-likeness (QED) is 0.421. The molecule has 2 aliphatic heterocycles. The molecule has 0 spiro atoms. The number of aliphatic hydroxyl groups is 1. The molecule has 0 fully saturated rings. The van der Waals surface area contributed by atoms with Crippen LogP contribution in [0, 0.1) is 5.92 Å². The van der Waals surface area contributed by atoms with Gasteiger partial charge in [0.25, 0.3) is 0 Å². The lowest BCUT2D eigenvalue weighted by Gasteiger charge is -2.42. The highest BCUT2D eigenvalue weighted by molar-refractivity contribution is 5.91. The molecule has 2 rings (SSSR count). The van der Waals surface area contributed by atoms with Gasteiger partial charge in [0.05, 0.1) is 12.0 Å². The van der Waals surface area contributed by atoms with E-state index in [1.807, 2.05) is 13.8 Å². The molecule has 0 bridgehead atoms. The van der Waals surface area contributed by atoms with Gasteiger partial charge in [-0.2, -0.15) is 0 Å². The highest BCUT2D eigenvalue weighted by Gasteiger charge is 2.57. The van der Waals surface area contributed by atoms with E-state index in [1.54, 1.807) is 20.8 Å². The summed E-state index contributed by atoms with van der Waals surface area (Å²) in [6, 6.07) is 0. The van der Waals surface area contributed by atoms with Crippen LogP contribution in [0.15, 0.2) is 34.4 Å². The number of allylic oxidation sites excluding steroid dienone is 2. The summed E-state index contributed by atoms with van der Waals surface area (Å²) in [7, 11) is 1.37. The first-order chi connectivity index (χ1) is 13.0. The van der Waals surface area contributed by atoms with Gasteiger partial charge in [0.1, 0.15) is 11.9 Å². The van der Waals surface area contributed by atoms with Crippen LogP contribution in [0.4, 0.5) is 0 Å². The summed E-state index contributed by atoms with van der Waals surface area (Å²) in [6.45, 7) is 8.51. The zero-order chi connectivity index (χ0) is 21.3. The number of ether oxygens (including phenoxy) is 3. The predicted octanol–water partition coefficient (Wildman–Crippen LogP) is 2.39. The van der Waals surface area contributed by atoms with E-state index in [2.05, 4.69) is 0 Å². The normalized spacial score (nSPS) is 29.2. The lowest BCUT2D eigenvalue weighted by Crippen LogP contribution is -2.55. The van der Waals surface area contributed by atoms with Gasteiger partial charge in [-0.15, -0.1) is 0 Å². The van der Waals surface area contributed by atoms with Gasteiger partial charge in [0, 0.05) is 18.3 Å². The molecule has 7 heteroatoms. The average molecular weight is 392 g/mol. The van der Waals surface area contributed by atoms with Crippen molar-refractivity contribution >= 4 is 18.2 Å². The van der Waals surface area contributed by atoms with Gasteiger partial charge in [-0.25, -0.2) is 9.59 Å². The molecule has 0 saturated heterocycles. The largest absolute Gasteiger partial charge is 0.456 e. The SMILES string of the molecule is CO[C@@]1([C@H]2[C@@H](O)C=C(CCC(C=O)=C(C)C)C(=O)OC2(C)C)C=C(C)C(=O)O1. The number of aldehydes is 1. The van der Waals surface area contributed by atoms with E-state index in [-0.39, 0.29) is 12.0 Å². The topological polar surface area (TPSA) is 99.1 Å². The molecule has 0 aliphatic carbocycles. The molecule has 7 nitrogen and oxygen atoms in total. The van der Waals surface area contributed by atoms with Crippen molar-refractivity contribution in [2.45, 2.75) is 65.0 Å². The van der Waals surface area contributed by atoms with E-state index in [0.717, 1.165) is 11.9 Å². The van der Waals surface area contributed by atoms with Crippen molar-refractivity contribution in [3.63, 3.8) is 0 Å². The van der Waals surface area contributed by atoms with E-state index in [9.17, 15) is 19.5 Å². The first-order valence-corrected chi connectivity index (χ1v) is 9.19. The van der Waals surface area contributed by atoms with E-state index in [1.165, 1.54) is 19.3 Å². The third-order valence-electron chi connectivity index (χ3n) is 5.27. The highest BCUT2D eigenvalue weighted by atomic mass is 16.7. The monoisotopic (exact) mass is 392 g/mol. The van der Waals surface area contributed by atoms with Gasteiger partial charge in [-0.05, 0) is 65.2 Å². The Balaban J connectivity index is 2.41. The van der Waals surface area contributed by atoms with E-state index >= 15 is 0 Å². The fourth-order valence-corrected chi connectivity index (χ4v) is 3.75. The minimum Gasteiger partial charge on any atom is -0.456 e. The van der Waals surface area contributed by atoms with Crippen molar-refractivity contribution in [1.29, 1.82) is 0 Å². The van der Waals surface area contributed by atoms with Crippen LogP contribution in [0.3, 0.4) is 0 Å². The lowest BCUT2D eigenvalue weighted by atomic mass is 9.78. The number of methoxy groups -OCH3 is 1. The molecule has 0 amide bonds. The smallest absolute Gasteiger partial charge is 0.336 e. The van der Waals surface area contributed by atoms with Gasteiger partial charge < -0.3 is 19.3 Å². The molecule has 2 heterocycles. The van der Waals surface area contributed by atoms with Crippen LogP contribution < -0.4 is 0 Å². The van der Waals surface area contributed by atoms with Crippen LogP contribution in [-0.4, -0.2) is 47.9 Å². The van der Waals surface area contributed by atoms with Crippen LogP contribution >= 0.6 is 0 Å². The van der Waals surface area contributed by atoms with Gasteiger partial charge >= 0.3 is 11.9 Å². The Kier molecular flexibility index (Phi) is 6.31. The molecule has 2 aliphatic rings. The Morgan fingerprint density at radius 1 is 1.25 bits per heavy atom. The van der Waals surface area contributed by atoms with Crippen molar-refractivity contribution in [1.82, 2.24) is 0 Å². The minimum atomic E-state index is -1.55. The zero-order valence-corrected chi connectivity index (χ0v) is 17.2. The van der Waals surface area contributed by atoms with Crippen molar-refractivity contribution in [2.75, 3.05) is 7.11 Å². The van der Waals surface area contributed by atoms with Gasteiger partial charge in [0.15, 0.2) is 0 Å². The molecule has 0 radical (unpaired) electrons. The van der Waals surface area contributed by atoms with E-state index in [0.29, 0.717) is 17.6 Å². The van der Waals surface area contributed by atoms with Crippen LogP contribution in [0.25, 0.3) is 0 Å². The zero-order valence-electron chi connectivity index (χ0n) is 17.2. The fraction of sp³-hybridized carbons (Fsp3) is 0.571. The molecule has 0 unspecified atom stereocenters. The number of cyclic esters (lactones) is 2. The number of aliphatic hydroxyl groups excluding tert-OH is 1. The summed E-state index contributed by atoms with van der Waals surface area (Å²) in [4.78, 5) is 35.8. The molecule has 3 atom stereocenters. The number of hydrogen-bond acceptors (Lipinski definition) is 7. The summed E-state index contributed by atoms with van der Waals surface area (Å²) in [5.41, 5.74) is 0.882. The second-order valence-corrected chi connectivity index (χ2v) is 7.94. The summed E-state index contributed by atoms with van der Waals surface area (Å²) >= 11 is 0. The highest BCUT2D eigenvalue weighted by Crippen LogP contribution is 2.44. The van der Waals surface area contributed by atoms with Gasteiger partial charge in [-0.1, -0.05) is 5.57 Å². The van der Waals surface area contributed by atoms with Crippen molar-refractivity contribution in [3.05, 3.63) is 34.4 Å². The van der Waals surface area contributed by atoms with E-state index in [4.69, 9.17) is 14.2 Å². The first kappa shape index (κ1) is 22.0. The molecule has 0 aromatic rings. The maximum atomic E-state index is 12.7. The molecule has 0 saturated carbocycles. The summed E-state index contributed by atoms with van der Waals surface area (Å²) in [5.74, 6) is -3.57. The van der Waals surface area contributed by atoms with Gasteiger partial charge in [-0.3, -0.25) is 4.79 Å². The Bertz CT molecular complexity index is 768. The standard InChI is InChI=1S/C21H28O7/c1-12(2)15(11-22)8-7-14-9-16(23)17(20(4,5)27-19(14)25)21(26-6)10-13(3)18(24)28-21/h9-11,16-17,23H,7-8H2,1-6H3/t16-,17-,21-/m0/s1. The molecular weight excluding hydrogens is 364 g/mol. The maximum absolute atomic E-state index is 12.7. The third-order valence-corrected chi connectivity index (χ3v) is 5.27. The van der Waals surface area contributed by atoms with Crippen molar-refractivity contribution in [2.24, 2.45) is 5.92 Å². The third kappa shape index (κ3) is 4.10. The van der Waals surface area contributed by atoms with Crippen LogP contribution in [0.2, 0.25) is 0 Å². The summed E-state index contributed by atoms with van der Waals surface area (Å²) in [6.07, 6.45) is 3.10. The summed E-state index contributed by atoms with van der Waals surface area (Å²) < 4.78 is 16.6. The number of esters is 2.